The first-order valence-corrected chi connectivity index (χ1v) is 9.70. The fraction of sp³-hybridized carbons (Fsp3) is 0.684. The number of ether oxygens (including phenoxy) is 2. The maximum Gasteiger partial charge on any atom is 0.409 e. The molecule has 0 atom stereocenters. The SMILES string of the molecule is CCOCCCN=C(NCCc1ccco1)NC1CCN(C(=O)OC)CC1. The van der Waals surface area contributed by atoms with E-state index in [0.29, 0.717) is 19.6 Å². The molecule has 0 saturated carbocycles. The summed E-state index contributed by atoms with van der Waals surface area (Å²) in [5.41, 5.74) is 0. The van der Waals surface area contributed by atoms with Crippen LogP contribution in [0.3, 0.4) is 0 Å². The molecule has 152 valence electrons. The number of methoxy groups -OCH3 is 1. The van der Waals surface area contributed by atoms with E-state index in [4.69, 9.17) is 13.9 Å². The molecule has 8 heteroatoms. The quantitative estimate of drug-likeness (QED) is 0.387. The Morgan fingerprint density at radius 3 is 2.89 bits per heavy atom. The highest BCUT2D eigenvalue weighted by Crippen LogP contribution is 2.11. The van der Waals surface area contributed by atoms with Gasteiger partial charge in [0.1, 0.15) is 5.76 Å². The van der Waals surface area contributed by atoms with Crippen LogP contribution in [0.5, 0.6) is 0 Å². The normalized spacial score (nSPS) is 15.6. The van der Waals surface area contributed by atoms with Crippen LogP contribution in [0.15, 0.2) is 27.8 Å². The molecule has 1 amide bonds. The Hall–Kier alpha value is -2.22. The molecule has 0 aromatic carbocycles. The van der Waals surface area contributed by atoms with Gasteiger partial charge in [0.2, 0.25) is 0 Å². The van der Waals surface area contributed by atoms with Gasteiger partial charge in [-0.05, 0) is 38.3 Å². The molecule has 1 aliphatic heterocycles. The highest BCUT2D eigenvalue weighted by Gasteiger charge is 2.23. The van der Waals surface area contributed by atoms with Crippen molar-refractivity contribution in [1.29, 1.82) is 0 Å². The highest BCUT2D eigenvalue weighted by atomic mass is 16.5. The van der Waals surface area contributed by atoms with Crippen LogP contribution in [0, 0.1) is 0 Å². The van der Waals surface area contributed by atoms with Crippen molar-refractivity contribution in [1.82, 2.24) is 15.5 Å². The fourth-order valence-corrected chi connectivity index (χ4v) is 2.94. The average Bonchev–Trinajstić information content (AvgIpc) is 3.21. The number of hydrogen-bond acceptors (Lipinski definition) is 5. The largest absolute Gasteiger partial charge is 0.469 e. The Bertz CT molecular complexity index is 554. The predicted molar refractivity (Wildman–Crippen MR) is 104 cm³/mol. The molecule has 2 rings (SSSR count). The second kappa shape index (κ2) is 12.2. The summed E-state index contributed by atoms with van der Waals surface area (Å²) in [4.78, 5) is 18.0. The van der Waals surface area contributed by atoms with Gasteiger partial charge < -0.3 is 29.4 Å². The molecule has 1 saturated heterocycles. The zero-order chi connectivity index (χ0) is 19.3. The van der Waals surface area contributed by atoms with Crippen LogP contribution < -0.4 is 10.6 Å². The summed E-state index contributed by atoms with van der Waals surface area (Å²) in [6.45, 7) is 6.27. The molecular weight excluding hydrogens is 348 g/mol. The zero-order valence-electron chi connectivity index (χ0n) is 16.4. The van der Waals surface area contributed by atoms with Gasteiger partial charge in [0, 0.05) is 51.9 Å². The monoisotopic (exact) mass is 380 g/mol. The standard InChI is InChI=1S/C19H32N4O4/c1-3-26-14-5-10-20-18(21-11-7-17-6-4-15-27-17)22-16-8-12-23(13-9-16)19(24)25-2/h4,6,15-16H,3,5,7-14H2,1-2H3,(H2,20,21,22). The summed E-state index contributed by atoms with van der Waals surface area (Å²) < 4.78 is 15.5. The molecule has 0 aliphatic carbocycles. The molecule has 1 aromatic heterocycles. The number of likely N-dealkylation sites (tertiary alicyclic amines) is 1. The van der Waals surface area contributed by atoms with E-state index >= 15 is 0 Å². The van der Waals surface area contributed by atoms with Gasteiger partial charge in [-0.3, -0.25) is 4.99 Å². The smallest absolute Gasteiger partial charge is 0.409 e. The lowest BCUT2D eigenvalue weighted by Gasteiger charge is -2.32. The van der Waals surface area contributed by atoms with Gasteiger partial charge in [0.05, 0.1) is 13.4 Å². The van der Waals surface area contributed by atoms with E-state index in [1.807, 2.05) is 19.1 Å². The summed E-state index contributed by atoms with van der Waals surface area (Å²) >= 11 is 0. The van der Waals surface area contributed by atoms with Crippen molar-refractivity contribution in [2.75, 3.05) is 46.5 Å². The number of carbonyl (C=O) groups is 1. The van der Waals surface area contributed by atoms with Crippen LogP contribution in [0.25, 0.3) is 0 Å². The van der Waals surface area contributed by atoms with Crippen molar-refractivity contribution in [3.05, 3.63) is 24.2 Å². The van der Waals surface area contributed by atoms with E-state index in [-0.39, 0.29) is 12.1 Å². The number of piperidine rings is 1. The minimum atomic E-state index is -0.255. The van der Waals surface area contributed by atoms with Crippen molar-refractivity contribution in [3.8, 4) is 0 Å². The predicted octanol–water partition coefficient (Wildman–Crippen LogP) is 2.01. The Morgan fingerprint density at radius 2 is 2.22 bits per heavy atom. The first-order valence-electron chi connectivity index (χ1n) is 9.70. The van der Waals surface area contributed by atoms with Gasteiger partial charge in [0.25, 0.3) is 0 Å². The number of hydrogen-bond donors (Lipinski definition) is 2. The molecule has 27 heavy (non-hydrogen) atoms. The number of nitrogens with zero attached hydrogens (tertiary/aromatic N) is 2. The van der Waals surface area contributed by atoms with E-state index < -0.39 is 0 Å². The average molecular weight is 380 g/mol. The maximum atomic E-state index is 11.6. The van der Waals surface area contributed by atoms with Crippen molar-refractivity contribution in [2.45, 2.75) is 38.6 Å². The zero-order valence-corrected chi connectivity index (χ0v) is 16.4. The molecule has 8 nitrogen and oxygen atoms in total. The molecule has 1 aromatic rings. The van der Waals surface area contributed by atoms with Gasteiger partial charge in [-0.25, -0.2) is 4.79 Å². The van der Waals surface area contributed by atoms with Crippen molar-refractivity contribution < 1.29 is 18.7 Å². The van der Waals surface area contributed by atoms with Gasteiger partial charge in [0.15, 0.2) is 5.96 Å². The van der Waals surface area contributed by atoms with E-state index in [1.54, 1.807) is 11.2 Å². The van der Waals surface area contributed by atoms with Crippen LogP contribution in [0.4, 0.5) is 4.79 Å². The third-order valence-corrected chi connectivity index (χ3v) is 4.43. The third-order valence-electron chi connectivity index (χ3n) is 4.43. The van der Waals surface area contributed by atoms with Gasteiger partial charge in [-0.15, -0.1) is 0 Å². The lowest BCUT2D eigenvalue weighted by molar-refractivity contribution is 0.111. The molecule has 2 N–H and O–H groups in total. The topological polar surface area (TPSA) is 88.3 Å². The maximum absolute atomic E-state index is 11.6. The van der Waals surface area contributed by atoms with Crippen LogP contribution in [-0.4, -0.2) is 69.5 Å². The number of aliphatic imine (C=N–C) groups is 1. The summed E-state index contributed by atoms with van der Waals surface area (Å²) in [6, 6.07) is 4.15. The fourth-order valence-electron chi connectivity index (χ4n) is 2.94. The summed E-state index contributed by atoms with van der Waals surface area (Å²) in [6.07, 6.45) is 4.85. The number of guanidine groups is 1. The first kappa shape index (κ1) is 21.1. The Morgan fingerprint density at radius 1 is 1.41 bits per heavy atom. The molecule has 1 aliphatic rings. The molecule has 0 radical (unpaired) electrons. The van der Waals surface area contributed by atoms with Crippen molar-refractivity contribution in [2.24, 2.45) is 4.99 Å². The number of amides is 1. The highest BCUT2D eigenvalue weighted by molar-refractivity contribution is 5.80. The molecule has 2 heterocycles. The minimum absolute atomic E-state index is 0.255. The summed E-state index contributed by atoms with van der Waals surface area (Å²) in [7, 11) is 1.42. The number of carbonyl (C=O) groups excluding carboxylic acids is 1. The number of furan rings is 1. The molecule has 1 fully saturated rings. The van der Waals surface area contributed by atoms with Crippen LogP contribution >= 0.6 is 0 Å². The Balaban J connectivity index is 1.79. The van der Waals surface area contributed by atoms with Crippen LogP contribution in [0.1, 0.15) is 31.9 Å². The van der Waals surface area contributed by atoms with Crippen LogP contribution in [-0.2, 0) is 15.9 Å². The van der Waals surface area contributed by atoms with Crippen molar-refractivity contribution in [3.63, 3.8) is 0 Å². The molecular formula is C19H32N4O4. The Labute approximate surface area is 161 Å². The van der Waals surface area contributed by atoms with E-state index in [0.717, 1.165) is 57.2 Å². The minimum Gasteiger partial charge on any atom is -0.469 e. The van der Waals surface area contributed by atoms with E-state index in [1.165, 1.54) is 7.11 Å². The molecule has 0 bridgehead atoms. The molecule has 0 spiro atoms. The number of rotatable bonds is 9. The summed E-state index contributed by atoms with van der Waals surface area (Å²) in [5, 5.41) is 6.87. The van der Waals surface area contributed by atoms with Gasteiger partial charge in [-0.1, -0.05) is 0 Å². The lowest BCUT2D eigenvalue weighted by atomic mass is 10.1. The van der Waals surface area contributed by atoms with Gasteiger partial charge in [-0.2, -0.15) is 0 Å². The second-order valence-corrected chi connectivity index (χ2v) is 6.41. The van der Waals surface area contributed by atoms with E-state index in [2.05, 4.69) is 15.6 Å². The van der Waals surface area contributed by atoms with Crippen molar-refractivity contribution >= 4 is 12.1 Å². The second-order valence-electron chi connectivity index (χ2n) is 6.41. The number of nitrogens with one attached hydrogen (secondary N) is 2. The Kier molecular flexibility index (Phi) is 9.54. The first-order chi connectivity index (χ1) is 13.2. The van der Waals surface area contributed by atoms with Gasteiger partial charge >= 0.3 is 6.09 Å². The molecule has 0 unspecified atom stereocenters. The van der Waals surface area contributed by atoms with Crippen LogP contribution in [0.2, 0.25) is 0 Å². The third kappa shape index (κ3) is 7.90. The summed E-state index contributed by atoms with van der Waals surface area (Å²) in [5.74, 6) is 1.75. The van der Waals surface area contributed by atoms with E-state index in [9.17, 15) is 4.79 Å². The lowest BCUT2D eigenvalue weighted by Crippen LogP contribution is -2.50.